The standard InChI is InChI=1S/C18H27BFNO4/c1-16(2,3)23-15(22)14(21)12-10-11(8-9-13(12)20)19-24-17(4,5)18(6,7)25-19/h8-10,14H,21H2,1-7H3. The minimum Gasteiger partial charge on any atom is -0.459 e. The molecule has 5 nitrogen and oxygen atoms in total. The summed E-state index contributed by atoms with van der Waals surface area (Å²) in [7, 11) is -0.657. The van der Waals surface area contributed by atoms with Crippen LogP contribution in [0.5, 0.6) is 0 Å². The second-order valence-corrected chi connectivity index (χ2v) is 8.38. The van der Waals surface area contributed by atoms with Crippen molar-refractivity contribution in [2.45, 2.75) is 71.3 Å². The van der Waals surface area contributed by atoms with Gasteiger partial charge in [-0.05, 0) is 60.0 Å². The predicted molar refractivity (Wildman–Crippen MR) is 94.9 cm³/mol. The van der Waals surface area contributed by atoms with E-state index < -0.39 is 41.7 Å². The lowest BCUT2D eigenvalue weighted by Crippen LogP contribution is -2.41. The zero-order valence-corrected chi connectivity index (χ0v) is 16.0. The van der Waals surface area contributed by atoms with Crippen molar-refractivity contribution < 1.29 is 23.2 Å². The molecule has 0 aromatic heterocycles. The molecule has 1 saturated heterocycles. The summed E-state index contributed by atoms with van der Waals surface area (Å²) in [5, 5.41) is 0. The molecule has 2 N–H and O–H groups in total. The summed E-state index contributed by atoms with van der Waals surface area (Å²) in [5.74, 6) is -1.25. The molecule has 1 aromatic carbocycles. The first-order chi connectivity index (χ1) is 11.2. The van der Waals surface area contributed by atoms with Gasteiger partial charge in [-0.25, -0.2) is 9.18 Å². The van der Waals surface area contributed by atoms with Gasteiger partial charge in [0, 0.05) is 5.56 Å². The zero-order chi connectivity index (χ0) is 19.2. The molecule has 0 saturated carbocycles. The Morgan fingerprint density at radius 3 is 2.20 bits per heavy atom. The molecular formula is C18H27BFNO4. The number of hydrogen-bond acceptors (Lipinski definition) is 5. The highest BCUT2D eigenvalue weighted by Gasteiger charge is 2.51. The van der Waals surface area contributed by atoms with Gasteiger partial charge in [0.1, 0.15) is 17.5 Å². The van der Waals surface area contributed by atoms with Crippen LogP contribution in [0, 0.1) is 5.82 Å². The third-order valence-electron chi connectivity index (χ3n) is 4.54. The van der Waals surface area contributed by atoms with Crippen LogP contribution < -0.4 is 11.2 Å². The normalized spacial score (nSPS) is 20.4. The summed E-state index contributed by atoms with van der Waals surface area (Å²) in [5.41, 5.74) is 4.86. The van der Waals surface area contributed by atoms with E-state index in [0.29, 0.717) is 5.46 Å². The number of carbonyl (C=O) groups excluding carboxylic acids is 1. The van der Waals surface area contributed by atoms with Crippen LogP contribution in [0.4, 0.5) is 4.39 Å². The van der Waals surface area contributed by atoms with Crippen molar-refractivity contribution in [3.05, 3.63) is 29.6 Å². The molecule has 1 heterocycles. The van der Waals surface area contributed by atoms with Crippen LogP contribution in [0.2, 0.25) is 0 Å². The van der Waals surface area contributed by atoms with Crippen molar-refractivity contribution in [1.29, 1.82) is 0 Å². The Labute approximate surface area is 149 Å². The number of carbonyl (C=O) groups is 1. The summed E-state index contributed by atoms with van der Waals surface area (Å²) in [4.78, 5) is 12.2. The van der Waals surface area contributed by atoms with Gasteiger partial charge in [0.25, 0.3) is 0 Å². The Hall–Kier alpha value is -1.44. The molecule has 1 unspecified atom stereocenters. The third kappa shape index (κ3) is 4.22. The molecule has 2 rings (SSSR count). The van der Waals surface area contributed by atoms with Gasteiger partial charge in [0.15, 0.2) is 0 Å². The molecule has 0 amide bonds. The molecule has 1 aliphatic rings. The van der Waals surface area contributed by atoms with Gasteiger partial charge in [-0.3, -0.25) is 0 Å². The van der Waals surface area contributed by atoms with Crippen LogP contribution in [-0.2, 0) is 18.8 Å². The van der Waals surface area contributed by atoms with Gasteiger partial charge in [0.05, 0.1) is 11.2 Å². The summed E-state index contributed by atoms with van der Waals surface area (Å²) < 4.78 is 31.4. The molecule has 0 bridgehead atoms. The van der Waals surface area contributed by atoms with E-state index >= 15 is 0 Å². The van der Waals surface area contributed by atoms with Gasteiger partial charge in [-0.2, -0.15) is 0 Å². The van der Waals surface area contributed by atoms with E-state index in [9.17, 15) is 9.18 Å². The third-order valence-corrected chi connectivity index (χ3v) is 4.54. The minimum absolute atomic E-state index is 0.0569. The largest absolute Gasteiger partial charge is 0.494 e. The van der Waals surface area contributed by atoms with Crippen molar-refractivity contribution in [2.75, 3.05) is 0 Å². The first kappa shape index (κ1) is 19.9. The van der Waals surface area contributed by atoms with E-state index in [1.54, 1.807) is 26.8 Å². The fourth-order valence-electron chi connectivity index (χ4n) is 2.42. The van der Waals surface area contributed by atoms with Crippen LogP contribution in [0.1, 0.15) is 60.1 Å². The number of rotatable bonds is 3. The molecule has 1 aliphatic heterocycles. The quantitative estimate of drug-likeness (QED) is 0.669. The van der Waals surface area contributed by atoms with Gasteiger partial charge >= 0.3 is 13.1 Å². The average molecular weight is 351 g/mol. The Morgan fingerprint density at radius 2 is 1.72 bits per heavy atom. The van der Waals surface area contributed by atoms with E-state index in [-0.39, 0.29) is 5.56 Å². The lowest BCUT2D eigenvalue weighted by molar-refractivity contribution is -0.156. The molecule has 0 spiro atoms. The molecule has 138 valence electrons. The number of esters is 1. The lowest BCUT2D eigenvalue weighted by Gasteiger charge is -2.32. The van der Waals surface area contributed by atoms with Gasteiger partial charge in [-0.1, -0.05) is 12.1 Å². The van der Waals surface area contributed by atoms with Gasteiger partial charge < -0.3 is 19.8 Å². The number of halogens is 1. The lowest BCUT2D eigenvalue weighted by atomic mass is 9.78. The number of benzene rings is 1. The summed E-state index contributed by atoms with van der Waals surface area (Å²) in [6.07, 6.45) is 0. The molecule has 1 fully saturated rings. The Balaban J connectivity index is 2.28. The Kier molecular flexibility index (Phi) is 5.07. The molecule has 1 atom stereocenters. The molecule has 1 aromatic rings. The maximum atomic E-state index is 14.2. The summed E-state index contributed by atoms with van der Waals surface area (Å²) >= 11 is 0. The van der Waals surface area contributed by atoms with E-state index in [4.69, 9.17) is 19.8 Å². The highest BCUT2D eigenvalue weighted by Crippen LogP contribution is 2.36. The maximum Gasteiger partial charge on any atom is 0.494 e. The van der Waals surface area contributed by atoms with Crippen LogP contribution in [-0.4, -0.2) is 29.9 Å². The van der Waals surface area contributed by atoms with Crippen molar-refractivity contribution in [3.63, 3.8) is 0 Å². The van der Waals surface area contributed by atoms with Crippen molar-refractivity contribution in [1.82, 2.24) is 0 Å². The monoisotopic (exact) mass is 351 g/mol. The van der Waals surface area contributed by atoms with Crippen molar-refractivity contribution in [2.24, 2.45) is 5.73 Å². The van der Waals surface area contributed by atoms with E-state index in [0.717, 1.165) is 0 Å². The van der Waals surface area contributed by atoms with Gasteiger partial charge in [-0.15, -0.1) is 0 Å². The fourth-order valence-corrected chi connectivity index (χ4v) is 2.42. The molecule has 7 heteroatoms. The zero-order valence-electron chi connectivity index (χ0n) is 16.0. The second kappa shape index (κ2) is 6.38. The molecule has 0 aliphatic carbocycles. The number of ether oxygens (including phenoxy) is 1. The topological polar surface area (TPSA) is 70.8 Å². The van der Waals surface area contributed by atoms with Crippen molar-refractivity contribution >= 4 is 18.6 Å². The number of hydrogen-bond donors (Lipinski definition) is 1. The Bertz CT molecular complexity index is 654. The number of nitrogens with two attached hydrogens (primary N) is 1. The summed E-state index contributed by atoms with van der Waals surface area (Å²) in [6, 6.07) is 3.12. The van der Waals surface area contributed by atoms with Gasteiger partial charge in [0.2, 0.25) is 0 Å². The average Bonchev–Trinajstić information content (AvgIpc) is 2.65. The Morgan fingerprint density at radius 1 is 1.20 bits per heavy atom. The first-order valence-corrected chi connectivity index (χ1v) is 8.37. The van der Waals surface area contributed by atoms with Crippen LogP contribution >= 0.6 is 0 Å². The SMILES string of the molecule is CC(C)(C)OC(=O)C(N)c1cc(B2OC(C)(C)C(C)(C)O2)ccc1F. The minimum atomic E-state index is -1.22. The van der Waals surface area contributed by atoms with E-state index in [1.165, 1.54) is 12.1 Å². The first-order valence-electron chi connectivity index (χ1n) is 8.37. The predicted octanol–water partition coefficient (Wildman–Crippen LogP) is 2.47. The maximum absolute atomic E-state index is 14.2. The molecule has 25 heavy (non-hydrogen) atoms. The van der Waals surface area contributed by atoms with E-state index in [2.05, 4.69) is 0 Å². The van der Waals surface area contributed by atoms with E-state index in [1.807, 2.05) is 27.7 Å². The fraction of sp³-hybridized carbons (Fsp3) is 0.611. The smallest absolute Gasteiger partial charge is 0.459 e. The highest BCUT2D eigenvalue weighted by molar-refractivity contribution is 6.62. The second-order valence-electron chi connectivity index (χ2n) is 8.38. The molecular weight excluding hydrogens is 324 g/mol. The van der Waals surface area contributed by atoms with Crippen LogP contribution in [0.25, 0.3) is 0 Å². The van der Waals surface area contributed by atoms with Crippen molar-refractivity contribution in [3.8, 4) is 0 Å². The van der Waals surface area contributed by atoms with Crippen LogP contribution in [0.3, 0.4) is 0 Å². The molecule has 0 radical (unpaired) electrons. The highest BCUT2D eigenvalue weighted by atomic mass is 19.1. The van der Waals surface area contributed by atoms with Crippen LogP contribution in [0.15, 0.2) is 18.2 Å². The summed E-state index contributed by atoms with van der Waals surface area (Å²) in [6.45, 7) is 12.9.